The lowest BCUT2D eigenvalue weighted by Gasteiger charge is -2.19. The van der Waals surface area contributed by atoms with Gasteiger partial charge in [0.15, 0.2) is 0 Å². The average molecular weight is 187 g/mol. The van der Waals surface area contributed by atoms with E-state index in [0.29, 0.717) is 12.3 Å². The molecule has 0 aliphatic carbocycles. The molecule has 0 unspecified atom stereocenters. The minimum atomic E-state index is -2.71. The lowest BCUT2D eigenvalue weighted by atomic mass is 10.0. The fraction of sp³-hybridized carbons (Fsp3) is 0.556. The maximum atomic E-state index is 13.4. The van der Waals surface area contributed by atoms with Crippen molar-refractivity contribution in [3.05, 3.63) is 24.2 Å². The molecule has 2 atom stereocenters. The molecule has 1 saturated heterocycles. The minimum Gasteiger partial charge on any atom is -0.467 e. The van der Waals surface area contributed by atoms with Crippen molar-refractivity contribution in [3.63, 3.8) is 0 Å². The van der Waals surface area contributed by atoms with Gasteiger partial charge in [0, 0.05) is 12.5 Å². The monoisotopic (exact) mass is 187 g/mol. The molecule has 0 saturated carbocycles. The van der Waals surface area contributed by atoms with Crippen molar-refractivity contribution in [2.45, 2.75) is 18.9 Å². The summed E-state index contributed by atoms with van der Waals surface area (Å²) >= 11 is 0. The van der Waals surface area contributed by atoms with Gasteiger partial charge in [-0.1, -0.05) is 6.92 Å². The van der Waals surface area contributed by atoms with E-state index in [1.54, 1.807) is 12.1 Å². The van der Waals surface area contributed by atoms with Crippen LogP contribution in [-0.4, -0.2) is 12.5 Å². The number of rotatable bonds is 1. The molecule has 1 aliphatic heterocycles. The van der Waals surface area contributed by atoms with Crippen molar-refractivity contribution < 1.29 is 13.2 Å². The maximum Gasteiger partial charge on any atom is 0.274 e. The van der Waals surface area contributed by atoms with Crippen molar-refractivity contribution >= 4 is 0 Å². The number of hydrogen-bond acceptors (Lipinski definition) is 2. The van der Waals surface area contributed by atoms with E-state index in [0.717, 1.165) is 0 Å². The van der Waals surface area contributed by atoms with E-state index in [2.05, 4.69) is 5.32 Å². The van der Waals surface area contributed by atoms with Gasteiger partial charge >= 0.3 is 0 Å². The third-order valence-electron chi connectivity index (χ3n) is 2.50. The fourth-order valence-corrected chi connectivity index (χ4v) is 1.60. The highest BCUT2D eigenvalue weighted by atomic mass is 19.3. The van der Waals surface area contributed by atoms with Gasteiger partial charge in [0.05, 0.1) is 6.26 Å². The van der Waals surface area contributed by atoms with Crippen LogP contribution in [0.4, 0.5) is 8.78 Å². The second-order valence-corrected chi connectivity index (χ2v) is 3.43. The Morgan fingerprint density at radius 1 is 1.62 bits per heavy atom. The lowest BCUT2D eigenvalue weighted by molar-refractivity contribution is -0.0511. The zero-order valence-corrected chi connectivity index (χ0v) is 7.26. The number of halogens is 2. The Morgan fingerprint density at radius 3 is 2.85 bits per heavy atom. The van der Waals surface area contributed by atoms with Crippen LogP contribution < -0.4 is 5.32 Å². The molecule has 0 radical (unpaired) electrons. The van der Waals surface area contributed by atoms with Crippen molar-refractivity contribution in [3.8, 4) is 0 Å². The van der Waals surface area contributed by atoms with Gasteiger partial charge in [-0.15, -0.1) is 0 Å². The van der Waals surface area contributed by atoms with Gasteiger partial charge in [-0.3, -0.25) is 0 Å². The van der Waals surface area contributed by atoms with E-state index >= 15 is 0 Å². The van der Waals surface area contributed by atoms with E-state index in [1.165, 1.54) is 13.2 Å². The molecule has 2 heterocycles. The molecule has 13 heavy (non-hydrogen) atoms. The summed E-state index contributed by atoms with van der Waals surface area (Å²) in [5.41, 5.74) is 0. The number of nitrogens with one attached hydrogen (secondary N) is 1. The molecule has 1 aromatic rings. The van der Waals surface area contributed by atoms with Crippen LogP contribution >= 0.6 is 0 Å². The Labute approximate surface area is 74.9 Å². The van der Waals surface area contributed by atoms with Crippen LogP contribution in [0.3, 0.4) is 0 Å². The summed E-state index contributed by atoms with van der Waals surface area (Å²) in [5.74, 6) is -3.03. The van der Waals surface area contributed by atoms with Gasteiger partial charge in [0.2, 0.25) is 0 Å². The van der Waals surface area contributed by atoms with Crippen LogP contribution in [0.15, 0.2) is 22.8 Å². The van der Waals surface area contributed by atoms with Gasteiger partial charge in [-0.25, -0.2) is 8.78 Å². The summed E-state index contributed by atoms with van der Waals surface area (Å²) in [4.78, 5) is 0. The third kappa shape index (κ3) is 1.25. The summed E-state index contributed by atoms with van der Waals surface area (Å²) in [6.07, 6.45) is 1.41. The van der Waals surface area contributed by atoms with E-state index < -0.39 is 17.9 Å². The Balaban J connectivity index is 2.27. The van der Waals surface area contributed by atoms with Crippen molar-refractivity contribution in [2.24, 2.45) is 5.92 Å². The second kappa shape index (κ2) is 2.80. The largest absolute Gasteiger partial charge is 0.467 e. The first kappa shape index (κ1) is 8.69. The van der Waals surface area contributed by atoms with Crippen LogP contribution in [0.5, 0.6) is 0 Å². The molecule has 72 valence electrons. The molecule has 1 aromatic heterocycles. The molecule has 0 spiro atoms. The summed E-state index contributed by atoms with van der Waals surface area (Å²) in [7, 11) is 0. The maximum absolute atomic E-state index is 13.4. The van der Waals surface area contributed by atoms with Gasteiger partial charge in [0.25, 0.3) is 5.92 Å². The summed E-state index contributed by atoms with van der Waals surface area (Å²) < 4.78 is 31.8. The average Bonchev–Trinajstić information content (AvgIpc) is 2.62. The van der Waals surface area contributed by atoms with E-state index in [9.17, 15) is 8.78 Å². The minimum absolute atomic E-state index is 0.314. The van der Waals surface area contributed by atoms with Crippen LogP contribution in [0.25, 0.3) is 0 Å². The zero-order valence-electron chi connectivity index (χ0n) is 7.26. The standard InChI is InChI=1S/C9H11F2NO/c1-6-5-12-8(9(6,10)11)7-3-2-4-13-7/h2-4,6,8,12H,5H2,1H3/t6-,8+/m1/s1. The highest BCUT2D eigenvalue weighted by molar-refractivity contribution is 5.12. The molecule has 0 bridgehead atoms. The molecule has 4 heteroatoms. The second-order valence-electron chi connectivity index (χ2n) is 3.43. The number of furan rings is 1. The molecule has 2 rings (SSSR count). The van der Waals surface area contributed by atoms with Gasteiger partial charge in [-0.05, 0) is 12.1 Å². The van der Waals surface area contributed by atoms with E-state index in [-0.39, 0.29) is 0 Å². The third-order valence-corrected chi connectivity index (χ3v) is 2.50. The molecule has 2 nitrogen and oxygen atoms in total. The van der Waals surface area contributed by atoms with Crippen LogP contribution in [0.1, 0.15) is 18.7 Å². The van der Waals surface area contributed by atoms with Crippen LogP contribution in [0, 0.1) is 5.92 Å². The summed E-state index contributed by atoms with van der Waals surface area (Å²) in [6.45, 7) is 1.87. The first-order chi connectivity index (χ1) is 6.12. The van der Waals surface area contributed by atoms with Crippen LogP contribution in [0.2, 0.25) is 0 Å². The summed E-state index contributed by atoms with van der Waals surface area (Å²) in [5, 5.41) is 2.76. The van der Waals surface area contributed by atoms with E-state index in [4.69, 9.17) is 4.42 Å². The fourth-order valence-electron chi connectivity index (χ4n) is 1.60. The lowest BCUT2D eigenvalue weighted by Crippen LogP contribution is -2.29. The molecule has 0 aromatic carbocycles. The van der Waals surface area contributed by atoms with Crippen molar-refractivity contribution in [2.75, 3.05) is 6.54 Å². The highest BCUT2D eigenvalue weighted by Gasteiger charge is 2.51. The molecule has 1 N–H and O–H groups in total. The zero-order chi connectivity index (χ0) is 9.47. The van der Waals surface area contributed by atoms with Gasteiger partial charge in [-0.2, -0.15) is 0 Å². The SMILES string of the molecule is C[C@@H]1CN[C@@H](c2ccco2)C1(F)F. The normalized spacial score (nSPS) is 32.2. The Hall–Kier alpha value is -0.900. The van der Waals surface area contributed by atoms with Crippen LogP contribution in [-0.2, 0) is 0 Å². The molecule has 0 amide bonds. The molecular formula is C9H11F2NO. The predicted octanol–water partition coefficient (Wildman–Crippen LogP) is 2.20. The topological polar surface area (TPSA) is 25.2 Å². The first-order valence-electron chi connectivity index (χ1n) is 4.27. The highest BCUT2D eigenvalue weighted by Crippen LogP contribution is 2.41. The summed E-state index contributed by atoms with van der Waals surface area (Å²) in [6, 6.07) is 2.23. The Kier molecular flexibility index (Phi) is 1.87. The Bertz CT molecular complexity index is 284. The smallest absolute Gasteiger partial charge is 0.274 e. The van der Waals surface area contributed by atoms with Crippen molar-refractivity contribution in [1.29, 1.82) is 0 Å². The quantitative estimate of drug-likeness (QED) is 0.729. The van der Waals surface area contributed by atoms with Gasteiger partial charge in [0.1, 0.15) is 11.8 Å². The molecule has 1 aliphatic rings. The molecule has 1 fully saturated rings. The van der Waals surface area contributed by atoms with Gasteiger partial charge < -0.3 is 9.73 Å². The number of hydrogen-bond donors (Lipinski definition) is 1. The number of alkyl halides is 2. The predicted molar refractivity (Wildman–Crippen MR) is 43.6 cm³/mol. The first-order valence-corrected chi connectivity index (χ1v) is 4.27. The molecular weight excluding hydrogens is 176 g/mol. The Morgan fingerprint density at radius 2 is 2.38 bits per heavy atom. The van der Waals surface area contributed by atoms with Crippen molar-refractivity contribution in [1.82, 2.24) is 5.32 Å². The van der Waals surface area contributed by atoms with E-state index in [1.807, 2.05) is 0 Å².